The molecule has 1 unspecified atom stereocenters. The molecule has 0 radical (unpaired) electrons. The van der Waals surface area contributed by atoms with Crippen molar-refractivity contribution in [2.45, 2.75) is 12.5 Å². The minimum atomic E-state index is -1.77. The normalized spacial score (nSPS) is 18.2. The molecule has 2 aromatic rings. The lowest BCUT2D eigenvalue weighted by molar-refractivity contribution is -0.143. The molecule has 3 amide bonds. The molecule has 0 aromatic heterocycles. The Morgan fingerprint density at radius 3 is 2.69 bits per heavy atom. The van der Waals surface area contributed by atoms with Crippen LogP contribution in [-0.4, -0.2) is 30.4 Å². The number of amides is 3. The second-order valence-electron chi connectivity index (χ2n) is 5.84. The highest BCUT2D eigenvalue weighted by Crippen LogP contribution is 2.36. The minimum Gasteiger partial charge on any atom is -0.466 e. The number of carbonyl (C=O) groups is 3. The van der Waals surface area contributed by atoms with Gasteiger partial charge >= 0.3 is 0 Å². The maximum absolute atomic E-state index is 12.7. The summed E-state index contributed by atoms with van der Waals surface area (Å²) in [4.78, 5) is 36.9. The molecule has 3 N–H and O–H groups in total. The first-order valence-corrected chi connectivity index (χ1v) is 8.15. The van der Waals surface area contributed by atoms with E-state index in [0.29, 0.717) is 27.7 Å². The molecule has 2 aromatic carbocycles. The summed E-state index contributed by atoms with van der Waals surface area (Å²) in [6, 6.07) is 11.1. The SMILES string of the molecule is CNC(=O)c1cccc(NC(=O)C2(C)Oc3ccc(Cl)cc3NC2=O)c1. The van der Waals surface area contributed by atoms with Crippen molar-refractivity contribution in [3.63, 3.8) is 0 Å². The topological polar surface area (TPSA) is 96.5 Å². The summed E-state index contributed by atoms with van der Waals surface area (Å²) in [5, 5.41) is 8.18. The van der Waals surface area contributed by atoms with Gasteiger partial charge in [-0.15, -0.1) is 0 Å². The molecule has 7 nitrogen and oxygen atoms in total. The molecule has 0 spiro atoms. The van der Waals surface area contributed by atoms with Crippen LogP contribution in [0.1, 0.15) is 17.3 Å². The number of carbonyl (C=O) groups excluding carboxylic acids is 3. The molecule has 3 rings (SSSR count). The Kier molecular flexibility index (Phi) is 4.56. The van der Waals surface area contributed by atoms with Crippen LogP contribution in [0.2, 0.25) is 5.02 Å². The van der Waals surface area contributed by atoms with E-state index in [1.54, 1.807) is 36.4 Å². The summed E-state index contributed by atoms with van der Waals surface area (Å²) >= 11 is 5.90. The predicted molar refractivity (Wildman–Crippen MR) is 97.6 cm³/mol. The summed E-state index contributed by atoms with van der Waals surface area (Å²) in [5.41, 5.74) is -0.626. The molecule has 1 atom stereocenters. The average molecular weight is 374 g/mol. The van der Waals surface area contributed by atoms with Crippen molar-refractivity contribution in [1.29, 1.82) is 0 Å². The van der Waals surface area contributed by atoms with Crippen LogP contribution in [-0.2, 0) is 9.59 Å². The van der Waals surface area contributed by atoms with Crippen molar-refractivity contribution in [1.82, 2.24) is 5.32 Å². The second-order valence-corrected chi connectivity index (χ2v) is 6.28. The maximum Gasteiger partial charge on any atom is 0.278 e. The predicted octanol–water partition coefficient (Wildman–Crippen LogP) is 2.43. The Bertz CT molecular complexity index is 915. The third-order valence-corrected chi connectivity index (χ3v) is 4.22. The Morgan fingerprint density at radius 1 is 1.19 bits per heavy atom. The van der Waals surface area contributed by atoms with Crippen LogP contribution in [0.5, 0.6) is 5.75 Å². The number of anilines is 2. The molecular weight excluding hydrogens is 358 g/mol. The molecule has 1 heterocycles. The summed E-state index contributed by atoms with van der Waals surface area (Å²) in [6.45, 7) is 1.37. The number of fused-ring (bicyclic) bond motifs is 1. The summed E-state index contributed by atoms with van der Waals surface area (Å²) < 4.78 is 5.66. The number of nitrogens with one attached hydrogen (secondary N) is 3. The van der Waals surface area contributed by atoms with Crippen LogP contribution >= 0.6 is 11.6 Å². The summed E-state index contributed by atoms with van der Waals surface area (Å²) in [5.74, 6) is -1.23. The highest BCUT2D eigenvalue weighted by molar-refractivity contribution is 6.31. The number of hydrogen-bond acceptors (Lipinski definition) is 4. The first kappa shape index (κ1) is 17.8. The van der Waals surface area contributed by atoms with Gasteiger partial charge in [0.15, 0.2) is 0 Å². The van der Waals surface area contributed by atoms with Crippen molar-refractivity contribution in [2.24, 2.45) is 0 Å². The molecule has 8 heteroatoms. The molecule has 0 aliphatic carbocycles. The van der Waals surface area contributed by atoms with Crippen molar-refractivity contribution in [2.75, 3.05) is 17.7 Å². The van der Waals surface area contributed by atoms with Crippen molar-refractivity contribution < 1.29 is 19.1 Å². The molecule has 0 saturated carbocycles. The van der Waals surface area contributed by atoms with Crippen molar-refractivity contribution in [3.8, 4) is 5.75 Å². The highest BCUT2D eigenvalue weighted by Gasteiger charge is 2.47. The van der Waals surface area contributed by atoms with Gasteiger partial charge in [-0.3, -0.25) is 14.4 Å². The van der Waals surface area contributed by atoms with E-state index in [-0.39, 0.29) is 5.91 Å². The van der Waals surface area contributed by atoms with E-state index >= 15 is 0 Å². The molecule has 1 aliphatic rings. The lowest BCUT2D eigenvalue weighted by Crippen LogP contribution is -2.56. The van der Waals surface area contributed by atoms with Crippen LogP contribution in [0.15, 0.2) is 42.5 Å². The van der Waals surface area contributed by atoms with Crippen molar-refractivity contribution in [3.05, 3.63) is 53.1 Å². The quantitative estimate of drug-likeness (QED) is 0.720. The highest BCUT2D eigenvalue weighted by atomic mass is 35.5. The molecule has 0 saturated heterocycles. The average Bonchev–Trinajstić information content (AvgIpc) is 2.62. The smallest absolute Gasteiger partial charge is 0.278 e. The van der Waals surface area contributed by atoms with Crippen LogP contribution < -0.4 is 20.7 Å². The number of halogens is 1. The van der Waals surface area contributed by atoms with Crippen molar-refractivity contribution >= 4 is 40.7 Å². The zero-order valence-electron chi connectivity index (χ0n) is 14.1. The zero-order chi connectivity index (χ0) is 18.9. The van der Waals surface area contributed by atoms with E-state index in [1.807, 2.05) is 0 Å². The Labute approximate surface area is 154 Å². The third-order valence-electron chi connectivity index (χ3n) is 3.98. The molecule has 0 bridgehead atoms. The van der Waals surface area contributed by atoms with E-state index < -0.39 is 17.4 Å². The summed E-state index contributed by atoms with van der Waals surface area (Å²) in [7, 11) is 1.51. The Balaban J connectivity index is 1.84. The first-order valence-electron chi connectivity index (χ1n) is 7.77. The molecule has 134 valence electrons. The molecule has 0 fully saturated rings. The van der Waals surface area contributed by atoms with E-state index in [2.05, 4.69) is 16.0 Å². The number of ether oxygens (including phenoxy) is 1. The fraction of sp³-hybridized carbons (Fsp3) is 0.167. The van der Waals surface area contributed by atoms with Gasteiger partial charge in [0.05, 0.1) is 5.69 Å². The Hall–Kier alpha value is -3.06. The van der Waals surface area contributed by atoms with Gasteiger partial charge in [-0.05, 0) is 43.3 Å². The largest absolute Gasteiger partial charge is 0.466 e. The first-order chi connectivity index (χ1) is 12.3. The third kappa shape index (κ3) is 3.21. The monoisotopic (exact) mass is 373 g/mol. The number of hydrogen-bond donors (Lipinski definition) is 3. The van der Waals surface area contributed by atoms with E-state index in [1.165, 1.54) is 20.0 Å². The van der Waals surface area contributed by atoms with Gasteiger partial charge in [0, 0.05) is 23.3 Å². The number of rotatable bonds is 3. The van der Waals surface area contributed by atoms with Crippen LogP contribution in [0.4, 0.5) is 11.4 Å². The molecule has 26 heavy (non-hydrogen) atoms. The maximum atomic E-state index is 12.7. The number of benzene rings is 2. The molecule has 1 aliphatic heterocycles. The van der Waals surface area contributed by atoms with Crippen LogP contribution in [0.25, 0.3) is 0 Å². The van der Waals surface area contributed by atoms with Crippen LogP contribution in [0.3, 0.4) is 0 Å². The van der Waals surface area contributed by atoms with Gasteiger partial charge < -0.3 is 20.7 Å². The van der Waals surface area contributed by atoms with E-state index in [0.717, 1.165) is 0 Å². The lowest BCUT2D eigenvalue weighted by atomic mass is 10.0. The Morgan fingerprint density at radius 2 is 1.96 bits per heavy atom. The standard InChI is InChI=1S/C18H16ClN3O4/c1-18(17(25)22-13-9-11(19)6-7-14(13)26-18)16(24)21-12-5-3-4-10(8-12)15(23)20-2/h3-9H,1-2H3,(H,20,23)(H,21,24)(H,22,25). The van der Waals surface area contributed by atoms with Crippen LogP contribution in [0, 0.1) is 0 Å². The van der Waals surface area contributed by atoms with E-state index in [4.69, 9.17) is 16.3 Å². The second kappa shape index (κ2) is 6.68. The van der Waals surface area contributed by atoms with Gasteiger partial charge in [0.2, 0.25) is 0 Å². The van der Waals surface area contributed by atoms with Gasteiger partial charge in [-0.2, -0.15) is 0 Å². The lowest BCUT2D eigenvalue weighted by Gasteiger charge is -2.33. The van der Waals surface area contributed by atoms with Gasteiger partial charge in [0.1, 0.15) is 5.75 Å². The zero-order valence-corrected chi connectivity index (χ0v) is 14.8. The minimum absolute atomic E-state index is 0.287. The summed E-state index contributed by atoms with van der Waals surface area (Å²) in [6.07, 6.45) is 0. The fourth-order valence-electron chi connectivity index (χ4n) is 2.48. The molecular formula is C18H16ClN3O4. The van der Waals surface area contributed by atoms with Gasteiger partial charge in [-0.1, -0.05) is 17.7 Å². The van der Waals surface area contributed by atoms with Gasteiger partial charge in [-0.25, -0.2) is 0 Å². The van der Waals surface area contributed by atoms with E-state index in [9.17, 15) is 14.4 Å². The van der Waals surface area contributed by atoms with Gasteiger partial charge in [0.25, 0.3) is 23.3 Å². The fourth-order valence-corrected chi connectivity index (χ4v) is 2.65.